The highest BCUT2D eigenvalue weighted by Gasteiger charge is 2.23. The Bertz CT molecular complexity index is 302. The quantitative estimate of drug-likeness (QED) is 0.752. The number of rotatable bonds is 5. The summed E-state index contributed by atoms with van der Waals surface area (Å²) < 4.78 is 0. The lowest BCUT2D eigenvalue weighted by Crippen LogP contribution is -2.51. The third-order valence-corrected chi connectivity index (χ3v) is 4.74. The molecular formula is C15H30N4O. The second kappa shape index (κ2) is 7.96. The number of hydrogen-bond donors (Lipinski definition) is 2. The average molecular weight is 282 g/mol. The van der Waals surface area contributed by atoms with E-state index in [1.54, 1.807) is 0 Å². The lowest BCUT2D eigenvalue weighted by atomic mass is 9.95. The zero-order chi connectivity index (χ0) is 14.4. The molecular weight excluding hydrogens is 252 g/mol. The summed E-state index contributed by atoms with van der Waals surface area (Å²) in [5.74, 6) is 0.803. The highest BCUT2D eigenvalue weighted by atomic mass is 16.1. The zero-order valence-electron chi connectivity index (χ0n) is 13.0. The van der Waals surface area contributed by atoms with Crippen LogP contribution in [-0.2, 0) is 4.79 Å². The number of piperazine rings is 1. The monoisotopic (exact) mass is 282 g/mol. The molecule has 0 radical (unpaired) electrons. The predicted octanol–water partition coefficient (Wildman–Crippen LogP) is 0.128. The molecule has 0 bridgehead atoms. The molecule has 2 heterocycles. The van der Waals surface area contributed by atoms with Crippen molar-refractivity contribution in [3.63, 3.8) is 0 Å². The number of amides is 1. The summed E-state index contributed by atoms with van der Waals surface area (Å²) in [5, 5.41) is 6.55. The molecule has 2 fully saturated rings. The first-order chi connectivity index (χ1) is 9.69. The second-order valence-electron chi connectivity index (χ2n) is 6.17. The Hall–Kier alpha value is -0.650. The molecule has 20 heavy (non-hydrogen) atoms. The van der Waals surface area contributed by atoms with Crippen molar-refractivity contribution < 1.29 is 4.79 Å². The molecule has 5 heteroatoms. The number of likely N-dealkylation sites (N-methyl/N-ethyl adjacent to an activating group) is 1. The molecule has 1 amide bonds. The van der Waals surface area contributed by atoms with Crippen molar-refractivity contribution in [3.05, 3.63) is 0 Å². The Morgan fingerprint density at radius 3 is 2.60 bits per heavy atom. The van der Waals surface area contributed by atoms with E-state index in [9.17, 15) is 4.79 Å². The average Bonchev–Trinajstić information content (AvgIpc) is 2.48. The molecule has 2 aliphatic rings. The van der Waals surface area contributed by atoms with E-state index >= 15 is 0 Å². The SMILES string of the molecule is CCN1CCN(CCC(=O)NC2CNCCC2C)CC1. The minimum absolute atomic E-state index is 0.212. The van der Waals surface area contributed by atoms with Crippen LogP contribution in [0.15, 0.2) is 0 Å². The van der Waals surface area contributed by atoms with Crippen molar-refractivity contribution in [2.45, 2.75) is 32.7 Å². The Kier molecular flexibility index (Phi) is 6.26. The van der Waals surface area contributed by atoms with Crippen molar-refractivity contribution in [2.24, 2.45) is 5.92 Å². The first-order valence-electron chi connectivity index (χ1n) is 8.14. The molecule has 116 valence electrons. The van der Waals surface area contributed by atoms with Gasteiger partial charge in [-0.2, -0.15) is 0 Å². The maximum atomic E-state index is 12.0. The molecule has 2 saturated heterocycles. The summed E-state index contributed by atoms with van der Waals surface area (Å²) in [6.45, 7) is 13.0. The number of nitrogens with zero attached hydrogens (tertiary/aromatic N) is 2. The lowest BCUT2D eigenvalue weighted by Gasteiger charge is -2.34. The lowest BCUT2D eigenvalue weighted by molar-refractivity contribution is -0.122. The number of piperidine rings is 1. The predicted molar refractivity (Wildman–Crippen MR) is 81.8 cm³/mol. The van der Waals surface area contributed by atoms with Gasteiger partial charge in [-0.15, -0.1) is 0 Å². The van der Waals surface area contributed by atoms with E-state index in [1.807, 2.05) is 0 Å². The van der Waals surface area contributed by atoms with E-state index in [0.717, 1.165) is 58.8 Å². The van der Waals surface area contributed by atoms with E-state index in [-0.39, 0.29) is 5.91 Å². The van der Waals surface area contributed by atoms with Gasteiger partial charge in [-0.1, -0.05) is 13.8 Å². The highest BCUT2D eigenvalue weighted by molar-refractivity contribution is 5.76. The van der Waals surface area contributed by atoms with Gasteiger partial charge in [-0.3, -0.25) is 4.79 Å². The van der Waals surface area contributed by atoms with Crippen LogP contribution in [0.25, 0.3) is 0 Å². The summed E-state index contributed by atoms with van der Waals surface area (Å²) >= 11 is 0. The fourth-order valence-electron chi connectivity index (χ4n) is 3.05. The van der Waals surface area contributed by atoms with E-state index in [2.05, 4.69) is 34.3 Å². The Morgan fingerprint density at radius 1 is 1.25 bits per heavy atom. The summed E-state index contributed by atoms with van der Waals surface area (Å²) in [4.78, 5) is 16.9. The summed E-state index contributed by atoms with van der Waals surface area (Å²) in [7, 11) is 0. The largest absolute Gasteiger partial charge is 0.352 e. The molecule has 0 aromatic carbocycles. The molecule has 2 N–H and O–H groups in total. The van der Waals surface area contributed by atoms with Crippen molar-refractivity contribution in [1.82, 2.24) is 20.4 Å². The van der Waals surface area contributed by atoms with Crippen LogP contribution in [0.2, 0.25) is 0 Å². The van der Waals surface area contributed by atoms with Crippen LogP contribution in [0.1, 0.15) is 26.7 Å². The fourth-order valence-corrected chi connectivity index (χ4v) is 3.05. The second-order valence-corrected chi connectivity index (χ2v) is 6.17. The number of hydrogen-bond acceptors (Lipinski definition) is 4. The molecule has 0 aromatic heterocycles. The van der Waals surface area contributed by atoms with Gasteiger partial charge in [0.05, 0.1) is 0 Å². The van der Waals surface area contributed by atoms with Crippen LogP contribution in [0.5, 0.6) is 0 Å². The van der Waals surface area contributed by atoms with Crippen LogP contribution in [-0.4, -0.2) is 74.1 Å². The third-order valence-electron chi connectivity index (χ3n) is 4.74. The third kappa shape index (κ3) is 4.72. The summed E-state index contributed by atoms with van der Waals surface area (Å²) in [5.41, 5.74) is 0. The van der Waals surface area contributed by atoms with Gasteiger partial charge in [-0.05, 0) is 25.4 Å². The Balaban J connectivity index is 1.62. The van der Waals surface area contributed by atoms with Gasteiger partial charge in [0.1, 0.15) is 0 Å². The van der Waals surface area contributed by atoms with Crippen molar-refractivity contribution in [2.75, 3.05) is 52.4 Å². The molecule has 2 atom stereocenters. The normalized spacial score (nSPS) is 29.3. The molecule has 0 aromatic rings. The molecule has 2 rings (SSSR count). The molecule has 0 spiro atoms. The number of carbonyl (C=O) groups is 1. The maximum absolute atomic E-state index is 12.0. The highest BCUT2D eigenvalue weighted by Crippen LogP contribution is 2.11. The first kappa shape index (κ1) is 15.7. The van der Waals surface area contributed by atoms with Crippen LogP contribution >= 0.6 is 0 Å². The van der Waals surface area contributed by atoms with Gasteiger partial charge >= 0.3 is 0 Å². The smallest absolute Gasteiger partial charge is 0.221 e. The minimum Gasteiger partial charge on any atom is -0.352 e. The number of nitrogens with one attached hydrogen (secondary N) is 2. The fraction of sp³-hybridized carbons (Fsp3) is 0.933. The van der Waals surface area contributed by atoms with Crippen LogP contribution in [0.3, 0.4) is 0 Å². The topological polar surface area (TPSA) is 47.6 Å². The van der Waals surface area contributed by atoms with E-state index in [1.165, 1.54) is 0 Å². The van der Waals surface area contributed by atoms with Gasteiger partial charge < -0.3 is 20.4 Å². The molecule has 0 aliphatic carbocycles. The van der Waals surface area contributed by atoms with Gasteiger partial charge in [0.25, 0.3) is 0 Å². The van der Waals surface area contributed by atoms with Gasteiger partial charge in [-0.25, -0.2) is 0 Å². The molecule has 5 nitrogen and oxygen atoms in total. The maximum Gasteiger partial charge on any atom is 0.221 e. The first-order valence-corrected chi connectivity index (χ1v) is 8.14. The van der Waals surface area contributed by atoms with Gasteiger partial charge in [0, 0.05) is 51.7 Å². The van der Waals surface area contributed by atoms with Gasteiger partial charge in [0.15, 0.2) is 0 Å². The van der Waals surface area contributed by atoms with Crippen LogP contribution in [0, 0.1) is 5.92 Å². The van der Waals surface area contributed by atoms with Crippen LogP contribution < -0.4 is 10.6 Å². The van der Waals surface area contributed by atoms with E-state index in [4.69, 9.17) is 0 Å². The van der Waals surface area contributed by atoms with Crippen molar-refractivity contribution in [3.8, 4) is 0 Å². The zero-order valence-corrected chi connectivity index (χ0v) is 13.0. The van der Waals surface area contributed by atoms with Crippen molar-refractivity contribution in [1.29, 1.82) is 0 Å². The summed E-state index contributed by atoms with van der Waals surface area (Å²) in [6, 6.07) is 0.313. The standard InChI is InChI=1S/C15H30N4O/c1-3-18-8-10-19(11-9-18)7-5-15(20)17-14-12-16-6-4-13(14)2/h13-14,16H,3-12H2,1-2H3,(H,17,20). The van der Waals surface area contributed by atoms with Crippen LogP contribution in [0.4, 0.5) is 0 Å². The van der Waals surface area contributed by atoms with E-state index in [0.29, 0.717) is 18.4 Å². The molecule has 2 unspecified atom stereocenters. The summed E-state index contributed by atoms with van der Waals surface area (Å²) in [6.07, 6.45) is 1.79. The minimum atomic E-state index is 0.212. The Morgan fingerprint density at radius 2 is 1.95 bits per heavy atom. The molecule has 0 saturated carbocycles. The number of carbonyl (C=O) groups excluding carboxylic acids is 1. The van der Waals surface area contributed by atoms with Crippen molar-refractivity contribution >= 4 is 5.91 Å². The molecule has 2 aliphatic heterocycles. The van der Waals surface area contributed by atoms with Gasteiger partial charge in [0.2, 0.25) is 5.91 Å². The Labute approximate surface area is 123 Å². The van der Waals surface area contributed by atoms with E-state index < -0.39 is 0 Å².